The normalized spacial score (nSPS) is 10.6. The highest BCUT2D eigenvalue weighted by Crippen LogP contribution is 2.28. The van der Waals surface area contributed by atoms with E-state index in [1.165, 1.54) is 11.8 Å². The van der Waals surface area contributed by atoms with Gasteiger partial charge in [-0.25, -0.2) is 4.68 Å². The molecule has 0 saturated heterocycles. The Morgan fingerprint density at radius 2 is 1.88 bits per heavy atom. The van der Waals surface area contributed by atoms with Crippen LogP contribution in [0.15, 0.2) is 42.5 Å². The van der Waals surface area contributed by atoms with Crippen molar-refractivity contribution < 1.29 is 9.53 Å². The lowest BCUT2D eigenvalue weighted by Crippen LogP contribution is -2.16. The summed E-state index contributed by atoms with van der Waals surface area (Å²) in [6, 6.07) is 12.1. The quantitative estimate of drug-likeness (QED) is 0.693. The Balaban J connectivity index is 1.80. The number of halogens is 2. The van der Waals surface area contributed by atoms with Crippen LogP contribution in [0.1, 0.15) is 16.1 Å². The Labute approximate surface area is 159 Å². The largest absolute Gasteiger partial charge is 0.495 e. The third-order valence-corrected chi connectivity index (χ3v) is 4.13. The summed E-state index contributed by atoms with van der Waals surface area (Å²) in [6.07, 6.45) is 0. The first kappa shape index (κ1) is 18.0. The summed E-state index contributed by atoms with van der Waals surface area (Å²) in [5.41, 5.74) is 7.38. The molecule has 0 saturated carbocycles. The maximum Gasteiger partial charge on any atom is 0.280 e. The number of anilines is 2. The number of ether oxygens (including phenoxy) is 1. The molecule has 0 fully saturated rings. The van der Waals surface area contributed by atoms with Crippen LogP contribution in [0.5, 0.6) is 5.75 Å². The summed E-state index contributed by atoms with van der Waals surface area (Å²) < 4.78 is 6.64. The van der Waals surface area contributed by atoms with E-state index in [-0.39, 0.29) is 11.5 Å². The number of aromatic nitrogens is 3. The van der Waals surface area contributed by atoms with Crippen LogP contribution >= 0.6 is 23.2 Å². The van der Waals surface area contributed by atoms with Gasteiger partial charge in [-0.05, 0) is 35.9 Å². The summed E-state index contributed by atoms with van der Waals surface area (Å²) in [5.74, 6) is 0.110. The number of hydrogen-bond acceptors (Lipinski definition) is 5. The smallest absolute Gasteiger partial charge is 0.280 e. The second kappa shape index (κ2) is 7.63. The molecule has 7 nitrogen and oxygen atoms in total. The number of nitrogen functional groups attached to an aromatic ring is 1. The zero-order valence-electron chi connectivity index (χ0n) is 13.7. The Kier molecular flexibility index (Phi) is 5.29. The number of benzene rings is 2. The van der Waals surface area contributed by atoms with E-state index in [4.69, 9.17) is 33.7 Å². The molecule has 1 aromatic heterocycles. The number of nitrogens with one attached hydrogen (secondary N) is 1. The van der Waals surface area contributed by atoms with E-state index in [9.17, 15) is 4.79 Å². The fourth-order valence-electron chi connectivity index (χ4n) is 2.32. The van der Waals surface area contributed by atoms with Crippen LogP contribution in [0.25, 0.3) is 0 Å². The number of nitrogens with zero attached hydrogens (tertiary/aromatic N) is 3. The summed E-state index contributed by atoms with van der Waals surface area (Å²) in [7, 11) is 1.50. The van der Waals surface area contributed by atoms with Gasteiger partial charge in [-0.2, -0.15) is 0 Å². The lowest BCUT2D eigenvalue weighted by Gasteiger charge is -2.10. The highest BCUT2D eigenvalue weighted by Gasteiger charge is 2.19. The average Bonchev–Trinajstić information content (AvgIpc) is 2.98. The summed E-state index contributed by atoms with van der Waals surface area (Å²) in [5, 5.41) is 11.6. The van der Waals surface area contributed by atoms with Crippen LogP contribution in [0.3, 0.4) is 0 Å². The van der Waals surface area contributed by atoms with Gasteiger partial charge in [0.25, 0.3) is 5.91 Å². The summed E-state index contributed by atoms with van der Waals surface area (Å²) in [6.45, 7) is 0.365. The van der Waals surface area contributed by atoms with Crippen molar-refractivity contribution in [3.05, 3.63) is 63.8 Å². The first-order chi connectivity index (χ1) is 12.5. The number of amides is 1. The predicted molar refractivity (Wildman–Crippen MR) is 101 cm³/mol. The van der Waals surface area contributed by atoms with E-state index in [1.54, 1.807) is 30.3 Å². The van der Waals surface area contributed by atoms with Crippen LogP contribution in [-0.2, 0) is 6.54 Å². The second-order valence-electron chi connectivity index (χ2n) is 5.41. The maximum atomic E-state index is 12.5. The second-order valence-corrected chi connectivity index (χ2v) is 6.28. The number of hydrogen-bond donors (Lipinski definition) is 2. The van der Waals surface area contributed by atoms with Crippen molar-refractivity contribution in [2.75, 3.05) is 18.2 Å². The highest BCUT2D eigenvalue weighted by molar-refractivity contribution is 6.31. The molecule has 0 aliphatic rings. The molecule has 1 heterocycles. The van der Waals surface area contributed by atoms with Crippen molar-refractivity contribution in [1.82, 2.24) is 15.0 Å². The minimum atomic E-state index is -0.509. The molecule has 0 spiro atoms. The molecule has 26 heavy (non-hydrogen) atoms. The number of rotatable bonds is 5. The molecule has 0 aliphatic heterocycles. The molecule has 0 radical (unpaired) electrons. The van der Waals surface area contributed by atoms with Crippen molar-refractivity contribution in [2.24, 2.45) is 0 Å². The molecule has 3 rings (SSSR count). The van der Waals surface area contributed by atoms with Gasteiger partial charge in [-0.1, -0.05) is 40.5 Å². The van der Waals surface area contributed by atoms with Gasteiger partial charge in [0.2, 0.25) is 0 Å². The van der Waals surface area contributed by atoms with Gasteiger partial charge < -0.3 is 15.8 Å². The van der Waals surface area contributed by atoms with Crippen molar-refractivity contribution in [3.8, 4) is 5.75 Å². The molecule has 2 aromatic carbocycles. The molecular weight excluding hydrogens is 377 g/mol. The van der Waals surface area contributed by atoms with E-state index in [0.29, 0.717) is 28.0 Å². The number of carbonyl (C=O) groups excluding carboxylic acids is 1. The fourth-order valence-corrected chi connectivity index (χ4v) is 2.62. The SMILES string of the molecule is COc1ccc(Cl)cc1NC(=O)c1nnn(Cc2ccc(Cl)cc2)c1N. The zero-order valence-corrected chi connectivity index (χ0v) is 15.3. The fraction of sp³-hybridized carbons (Fsp3) is 0.118. The van der Waals surface area contributed by atoms with Crippen LogP contribution in [0.4, 0.5) is 11.5 Å². The Bertz CT molecular complexity index is 941. The predicted octanol–water partition coefficient (Wildman–Crippen LogP) is 3.48. The van der Waals surface area contributed by atoms with Gasteiger partial charge in [0.15, 0.2) is 11.5 Å². The van der Waals surface area contributed by atoms with Crippen LogP contribution in [0.2, 0.25) is 10.0 Å². The minimum absolute atomic E-state index is 0.0148. The van der Waals surface area contributed by atoms with Gasteiger partial charge in [0.05, 0.1) is 19.3 Å². The highest BCUT2D eigenvalue weighted by atomic mass is 35.5. The van der Waals surface area contributed by atoms with Gasteiger partial charge in [0.1, 0.15) is 5.75 Å². The molecular formula is C17H15Cl2N5O2. The lowest BCUT2D eigenvalue weighted by molar-refractivity contribution is 0.102. The van der Waals surface area contributed by atoms with Crippen LogP contribution < -0.4 is 15.8 Å². The Hall–Kier alpha value is -2.77. The van der Waals surface area contributed by atoms with Gasteiger partial charge in [-0.3, -0.25) is 4.79 Å². The molecule has 9 heteroatoms. The molecule has 3 aromatic rings. The van der Waals surface area contributed by atoms with Gasteiger partial charge in [-0.15, -0.1) is 5.10 Å². The summed E-state index contributed by atoms with van der Waals surface area (Å²) >= 11 is 11.8. The van der Waals surface area contributed by atoms with Gasteiger partial charge >= 0.3 is 0 Å². The number of nitrogens with two attached hydrogens (primary N) is 1. The Morgan fingerprint density at radius 1 is 1.19 bits per heavy atom. The standard InChI is InChI=1S/C17H15Cl2N5O2/c1-26-14-7-6-12(19)8-13(14)21-17(25)15-16(20)24(23-22-15)9-10-2-4-11(18)5-3-10/h2-8H,9,20H2,1H3,(H,21,25). The Morgan fingerprint density at radius 3 is 2.58 bits per heavy atom. The maximum absolute atomic E-state index is 12.5. The molecule has 134 valence electrons. The van der Waals surface area contributed by atoms with E-state index < -0.39 is 5.91 Å². The van der Waals surface area contributed by atoms with Crippen molar-refractivity contribution in [3.63, 3.8) is 0 Å². The average molecular weight is 392 g/mol. The van der Waals surface area contributed by atoms with E-state index in [0.717, 1.165) is 5.56 Å². The van der Waals surface area contributed by atoms with Crippen LogP contribution in [0, 0.1) is 0 Å². The minimum Gasteiger partial charge on any atom is -0.495 e. The van der Waals surface area contributed by atoms with Crippen molar-refractivity contribution >= 4 is 40.6 Å². The van der Waals surface area contributed by atoms with E-state index >= 15 is 0 Å². The summed E-state index contributed by atoms with van der Waals surface area (Å²) in [4.78, 5) is 12.5. The number of methoxy groups -OCH3 is 1. The van der Waals surface area contributed by atoms with Crippen molar-refractivity contribution in [1.29, 1.82) is 0 Å². The zero-order chi connectivity index (χ0) is 18.7. The van der Waals surface area contributed by atoms with Crippen molar-refractivity contribution in [2.45, 2.75) is 6.54 Å². The monoisotopic (exact) mass is 391 g/mol. The molecule has 0 atom stereocenters. The third-order valence-electron chi connectivity index (χ3n) is 3.64. The first-order valence-corrected chi connectivity index (χ1v) is 8.32. The van der Waals surface area contributed by atoms with E-state index in [1.807, 2.05) is 12.1 Å². The number of carbonyl (C=O) groups is 1. The molecule has 0 bridgehead atoms. The topological polar surface area (TPSA) is 95.1 Å². The molecule has 0 unspecified atom stereocenters. The van der Waals surface area contributed by atoms with Gasteiger partial charge in [0, 0.05) is 10.0 Å². The first-order valence-electron chi connectivity index (χ1n) is 7.56. The molecule has 1 amide bonds. The molecule has 3 N–H and O–H groups in total. The van der Waals surface area contributed by atoms with E-state index in [2.05, 4.69) is 15.6 Å². The third kappa shape index (κ3) is 3.89. The van der Waals surface area contributed by atoms with Crippen LogP contribution in [-0.4, -0.2) is 28.0 Å². The lowest BCUT2D eigenvalue weighted by atomic mass is 10.2. The molecule has 0 aliphatic carbocycles.